The normalized spacial score (nSPS) is 10.8. The van der Waals surface area contributed by atoms with E-state index in [1.54, 1.807) is 18.3 Å². The van der Waals surface area contributed by atoms with Crippen molar-refractivity contribution in [2.75, 3.05) is 6.61 Å². The third-order valence-corrected chi connectivity index (χ3v) is 3.35. The van der Waals surface area contributed by atoms with Crippen LogP contribution in [0.5, 0.6) is 5.75 Å². The van der Waals surface area contributed by atoms with Crippen LogP contribution in [0.15, 0.2) is 51.9 Å². The molecule has 0 aliphatic heterocycles. The minimum atomic E-state index is -0.495. The number of hydrogen-bond donors (Lipinski definition) is 1. The Labute approximate surface area is 131 Å². The number of amides is 1. The summed E-state index contributed by atoms with van der Waals surface area (Å²) in [6.45, 7) is 1.91. The molecule has 0 fully saturated rings. The number of carbonyl (C=O) groups is 1. The Morgan fingerprint density at radius 1 is 1.29 bits per heavy atom. The number of aryl methyl sites for hydroxylation is 1. The van der Waals surface area contributed by atoms with Crippen molar-refractivity contribution < 1.29 is 9.53 Å². The topological polar surface area (TPSA) is 64.7 Å². The molecule has 0 radical (unpaired) electrons. The van der Waals surface area contributed by atoms with E-state index in [2.05, 4.69) is 20.9 Å². The fourth-order valence-corrected chi connectivity index (χ4v) is 2.26. The molecule has 108 valence electrons. The summed E-state index contributed by atoms with van der Waals surface area (Å²) < 4.78 is 6.15. The van der Waals surface area contributed by atoms with Crippen molar-refractivity contribution in [1.82, 2.24) is 0 Å². The summed E-state index contributed by atoms with van der Waals surface area (Å²) >= 11 is 3.49. The van der Waals surface area contributed by atoms with Crippen molar-refractivity contribution in [3.8, 4) is 5.75 Å². The van der Waals surface area contributed by atoms with Gasteiger partial charge in [-0.3, -0.25) is 9.79 Å². The molecule has 0 aliphatic rings. The Bertz CT molecular complexity index is 666. The Morgan fingerprint density at radius 2 is 2.00 bits per heavy atom. The lowest BCUT2D eigenvalue weighted by Gasteiger charge is -2.03. The van der Waals surface area contributed by atoms with Gasteiger partial charge >= 0.3 is 0 Å². The summed E-state index contributed by atoms with van der Waals surface area (Å²) in [5.74, 6) is 0.104. The second kappa shape index (κ2) is 7.04. The predicted octanol–water partition coefficient (Wildman–Crippen LogP) is 3.37. The summed E-state index contributed by atoms with van der Waals surface area (Å²) in [5, 5.41) is 0. The van der Waals surface area contributed by atoms with Crippen LogP contribution in [0.1, 0.15) is 11.1 Å². The lowest BCUT2D eigenvalue weighted by molar-refractivity contribution is -0.119. The molecule has 0 saturated heterocycles. The number of nitrogens with two attached hydrogens (primary N) is 1. The van der Waals surface area contributed by atoms with Crippen LogP contribution in [-0.2, 0) is 4.79 Å². The van der Waals surface area contributed by atoms with Crippen molar-refractivity contribution in [3.05, 3.63) is 58.1 Å². The molecule has 0 saturated carbocycles. The molecule has 2 N–H and O–H groups in total. The van der Waals surface area contributed by atoms with Gasteiger partial charge in [0.15, 0.2) is 6.61 Å². The van der Waals surface area contributed by atoms with Gasteiger partial charge in [0.25, 0.3) is 5.91 Å². The van der Waals surface area contributed by atoms with E-state index >= 15 is 0 Å². The quantitative estimate of drug-likeness (QED) is 0.843. The summed E-state index contributed by atoms with van der Waals surface area (Å²) in [6.07, 6.45) is 1.77. The smallest absolute Gasteiger partial charge is 0.255 e. The fourth-order valence-electron chi connectivity index (χ4n) is 1.67. The first-order chi connectivity index (χ1) is 10.0. The summed E-state index contributed by atoms with van der Waals surface area (Å²) in [7, 11) is 0. The molecule has 5 heteroatoms. The van der Waals surface area contributed by atoms with E-state index in [1.807, 2.05) is 37.3 Å². The standard InChI is InChI=1S/C16H15BrN2O2/c1-11-2-7-15(14(17)8-11)19-9-12-3-5-13(6-4-12)21-10-16(18)20/h2-9H,10H2,1H3,(H2,18,20). The number of carbonyl (C=O) groups excluding carboxylic acids is 1. The molecule has 1 amide bonds. The first kappa shape index (κ1) is 15.3. The van der Waals surface area contributed by atoms with Crippen LogP contribution in [0.3, 0.4) is 0 Å². The molecule has 21 heavy (non-hydrogen) atoms. The van der Waals surface area contributed by atoms with Crippen LogP contribution < -0.4 is 10.5 Å². The lowest BCUT2D eigenvalue weighted by Crippen LogP contribution is -2.19. The Balaban J connectivity index is 2.05. The zero-order valence-electron chi connectivity index (χ0n) is 11.5. The third-order valence-electron chi connectivity index (χ3n) is 2.72. The maximum Gasteiger partial charge on any atom is 0.255 e. The van der Waals surface area contributed by atoms with Crippen molar-refractivity contribution in [3.63, 3.8) is 0 Å². The van der Waals surface area contributed by atoms with Crippen LogP contribution in [-0.4, -0.2) is 18.7 Å². The van der Waals surface area contributed by atoms with Crippen LogP contribution >= 0.6 is 15.9 Å². The van der Waals surface area contributed by atoms with Gasteiger partial charge in [0, 0.05) is 10.7 Å². The van der Waals surface area contributed by atoms with Crippen LogP contribution in [0.2, 0.25) is 0 Å². The molecule has 0 bridgehead atoms. The maximum atomic E-state index is 10.6. The minimum Gasteiger partial charge on any atom is -0.484 e. The first-order valence-corrected chi connectivity index (χ1v) is 7.15. The molecular weight excluding hydrogens is 332 g/mol. The van der Waals surface area contributed by atoms with Gasteiger partial charge in [-0.05, 0) is 70.4 Å². The van der Waals surface area contributed by atoms with Crippen molar-refractivity contribution in [2.45, 2.75) is 6.92 Å². The van der Waals surface area contributed by atoms with Crippen molar-refractivity contribution in [2.24, 2.45) is 10.7 Å². The highest BCUT2D eigenvalue weighted by Gasteiger charge is 1.99. The largest absolute Gasteiger partial charge is 0.484 e. The number of halogens is 1. The highest BCUT2D eigenvalue weighted by atomic mass is 79.9. The van der Waals surface area contributed by atoms with Gasteiger partial charge in [0.05, 0.1) is 5.69 Å². The van der Waals surface area contributed by atoms with Gasteiger partial charge in [-0.2, -0.15) is 0 Å². The van der Waals surface area contributed by atoms with E-state index in [4.69, 9.17) is 10.5 Å². The zero-order chi connectivity index (χ0) is 15.2. The average molecular weight is 347 g/mol. The SMILES string of the molecule is Cc1ccc(N=Cc2ccc(OCC(N)=O)cc2)c(Br)c1. The second-order valence-corrected chi connectivity index (χ2v) is 5.39. The number of ether oxygens (including phenoxy) is 1. The predicted molar refractivity (Wildman–Crippen MR) is 87.3 cm³/mol. The number of hydrogen-bond acceptors (Lipinski definition) is 3. The molecule has 4 nitrogen and oxygen atoms in total. The molecule has 0 aliphatic carbocycles. The van der Waals surface area contributed by atoms with Crippen LogP contribution in [0.4, 0.5) is 5.69 Å². The highest BCUT2D eigenvalue weighted by Crippen LogP contribution is 2.26. The van der Waals surface area contributed by atoms with Gasteiger partial charge in [0.1, 0.15) is 5.75 Å². The molecule has 0 atom stereocenters. The van der Waals surface area contributed by atoms with E-state index in [1.165, 1.54) is 5.56 Å². The number of benzene rings is 2. The summed E-state index contributed by atoms with van der Waals surface area (Å²) in [4.78, 5) is 15.1. The molecule has 2 aromatic carbocycles. The van der Waals surface area contributed by atoms with Crippen molar-refractivity contribution in [1.29, 1.82) is 0 Å². The number of aliphatic imine (C=N–C) groups is 1. The van der Waals surface area contributed by atoms with Crippen LogP contribution in [0.25, 0.3) is 0 Å². The van der Waals surface area contributed by atoms with Gasteiger partial charge < -0.3 is 10.5 Å². The Hall–Kier alpha value is -2.14. The maximum absolute atomic E-state index is 10.6. The van der Waals surface area contributed by atoms with Crippen LogP contribution in [0, 0.1) is 6.92 Å². The molecule has 0 unspecified atom stereocenters. The molecule has 0 spiro atoms. The van der Waals surface area contributed by atoms with E-state index < -0.39 is 5.91 Å². The number of primary amides is 1. The zero-order valence-corrected chi connectivity index (χ0v) is 13.1. The summed E-state index contributed by atoms with van der Waals surface area (Å²) in [5.41, 5.74) is 8.00. The molecule has 0 heterocycles. The summed E-state index contributed by atoms with van der Waals surface area (Å²) in [6, 6.07) is 13.3. The van der Waals surface area contributed by atoms with Gasteiger partial charge in [0.2, 0.25) is 0 Å². The van der Waals surface area contributed by atoms with E-state index in [-0.39, 0.29) is 6.61 Å². The fraction of sp³-hybridized carbons (Fsp3) is 0.125. The lowest BCUT2D eigenvalue weighted by atomic mass is 10.2. The van der Waals surface area contributed by atoms with Crippen molar-refractivity contribution >= 4 is 33.7 Å². The van der Waals surface area contributed by atoms with E-state index in [0.29, 0.717) is 5.75 Å². The third kappa shape index (κ3) is 4.72. The van der Waals surface area contributed by atoms with E-state index in [9.17, 15) is 4.79 Å². The van der Waals surface area contributed by atoms with Gasteiger partial charge in [-0.25, -0.2) is 0 Å². The number of rotatable bonds is 5. The minimum absolute atomic E-state index is 0.121. The monoisotopic (exact) mass is 346 g/mol. The highest BCUT2D eigenvalue weighted by molar-refractivity contribution is 9.10. The first-order valence-electron chi connectivity index (χ1n) is 6.36. The van der Waals surface area contributed by atoms with Gasteiger partial charge in [-0.1, -0.05) is 6.07 Å². The molecule has 2 aromatic rings. The molecular formula is C16H15BrN2O2. The average Bonchev–Trinajstić information content (AvgIpc) is 2.45. The molecule has 2 rings (SSSR count). The van der Waals surface area contributed by atoms with E-state index in [0.717, 1.165) is 15.7 Å². The Morgan fingerprint density at radius 3 is 2.62 bits per heavy atom. The number of nitrogens with zero attached hydrogens (tertiary/aromatic N) is 1. The Kier molecular flexibility index (Phi) is 5.11. The second-order valence-electron chi connectivity index (χ2n) is 4.54. The molecule has 0 aromatic heterocycles. The van der Waals surface area contributed by atoms with Gasteiger partial charge in [-0.15, -0.1) is 0 Å².